The summed E-state index contributed by atoms with van der Waals surface area (Å²) in [6.45, 7) is -1.46. The number of hydrogen-bond donors (Lipinski definition) is 2. The molecule has 4 nitrogen and oxygen atoms in total. The van der Waals surface area contributed by atoms with E-state index in [4.69, 9.17) is 5.11 Å². The lowest BCUT2D eigenvalue weighted by Gasteiger charge is -2.29. The summed E-state index contributed by atoms with van der Waals surface area (Å²) in [7, 11) is 0. The lowest BCUT2D eigenvalue weighted by Crippen LogP contribution is -2.53. The van der Waals surface area contributed by atoms with Crippen LogP contribution in [-0.4, -0.2) is 65.9 Å². The quantitative estimate of drug-likeness (QED) is 0.761. The van der Waals surface area contributed by atoms with Crippen LogP contribution in [0.3, 0.4) is 0 Å². The number of halogens is 3. The lowest BCUT2D eigenvalue weighted by molar-refractivity contribution is -0.163. The Bertz CT molecular complexity index is 257. The summed E-state index contributed by atoms with van der Waals surface area (Å²) in [6, 6.07) is -0.581. The van der Waals surface area contributed by atoms with Crippen LogP contribution in [-0.2, 0) is 4.79 Å². The maximum absolute atomic E-state index is 12.3. The molecule has 0 aromatic heterocycles. The fraction of sp³-hybridized carbons (Fsp3) is 0.889. The molecule has 100 valence electrons. The van der Waals surface area contributed by atoms with E-state index >= 15 is 0 Å². The molecule has 1 rings (SSSR count). The first-order valence-corrected chi connectivity index (χ1v) is 6.37. The molecular formula is C9H15F3N2O2S. The Morgan fingerprint density at radius 1 is 1.53 bits per heavy atom. The first kappa shape index (κ1) is 14.6. The number of rotatable bonds is 4. The number of carbonyl (C=O) groups is 1. The van der Waals surface area contributed by atoms with Crippen molar-refractivity contribution in [1.82, 2.24) is 10.2 Å². The second-order valence-corrected chi connectivity index (χ2v) is 4.83. The molecule has 0 saturated carbocycles. The fourth-order valence-electron chi connectivity index (χ4n) is 1.55. The zero-order valence-electron chi connectivity index (χ0n) is 9.16. The van der Waals surface area contributed by atoms with Crippen LogP contribution in [0.5, 0.6) is 0 Å². The van der Waals surface area contributed by atoms with Gasteiger partial charge < -0.3 is 15.3 Å². The molecule has 0 aromatic rings. The minimum atomic E-state index is -4.44. The van der Waals surface area contributed by atoms with Crippen molar-refractivity contribution in [3.8, 4) is 0 Å². The van der Waals surface area contributed by atoms with E-state index in [2.05, 4.69) is 5.32 Å². The van der Waals surface area contributed by atoms with E-state index in [1.54, 1.807) is 0 Å². The number of alkyl halides is 3. The third kappa shape index (κ3) is 5.13. The standard InChI is InChI=1S/C9H15F3N2O2S/c10-9(11,12)6-14(2-3-15)8(16)7-5-17-4-1-13-7/h7,13,15H,1-6H2. The van der Waals surface area contributed by atoms with E-state index in [1.165, 1.54) is 11.8 Å². The average Bonchev–Trinajstić information content (AvgIpc) is 2.27. The van der Waals surface area contributed by atoms with Crippen LogP contribution in [0.15, 0.2) is 0 Å². The minimum Gasteiger partial charge on any atom is -0.395 e. The molecule has 1 amide bonds. The molecule has 0 aromatic carbocycles. The number of nitrogens with zero attached hydrogens (tertiary/aromatic N) is 1. The summed E-state index contributed by atoms with van der Waals surface area (Å²) >= 11 is 1.53. The Balaban J connectivity index is 2.58. The fourth-order valence-corrected chi connectivity index (χ4v) is 2.47. The highest BCUT2D eigenvalue weighted by molar-refractivity contribution is 7.99. The Kier molecular flexibility index (Phi) is 5.54. The van der Waals surface area contributed by atoms with Gasteiger partial charge in [-0.2, -0.15) is 24.9 Å². The van der Waals surface area contributed by atoms with Crippen LogP contribution in [0.25, 0.3) is 0 Å². The molecule has 8 heteroatoms. The highest BCUT2D eigenvalue weighted by Crippen LogP contribution is 2.18. The highest BCUT2D eigenvalue weighted by atomic mass is 32.2. The Morgan fingerprint density at radius 2 is 2.24 bits per heavy atom. The molecule has 0 radical (unpaired) electrons. The average molecular weight is 272 g/mol. The van der Waals surface area contributed by atoms with Gasteiger partial charge in [0, 0.05) is 24.6 Å². The molecule has 1 aliphatic heterocycles. The first-order valence-electron chi connectivity index (χ1n) is 5.21. The highest BCUT2D eigenvalue weighted by Gasteiger charge is 2.35. The SMILES string of the molecule is O=C(C1CSCCN1)N(CCO)CC(F)(F)F. The maximum Gasteiger partial charge on any atom is 0.406 e. The molecule has 17 heavy (non-hydrogen) atoms. The predicted octanol–water partition coefficient (Wildman–Crippen LogP) is 0.0746. The molecule has 1 aliphatic rings. The van der Waals surface area contributed by atoms with Gasteiger partial charge in [-0.1, -0.05) is 0 Å². The van der Waals surface area contributed by atoms with Crippen LogP contribution < -0.4 is 5.32 Å². The van der Waals surface area contributed by atoms with E-state index in [0.29, 0.717) is 17.2 Å². The molecule has 0 bridgehead atoms. The zero-order valence-corrected chi connectivity index (χ0v) is 9.98. The van der Waals surface area contributed by atoms with Gasteiger partial charge in [0.2, 0.25) is 5.91 Å². The molecule has 1 unspecified atom stereocenters. The summed E-state index contributed by atoms with van der Waals surface area (Å²) in [6.07, 6.45) is -4.44. The van der Waals surface area contributed by atoms with Crippen LogP contribution in [0.1, 0.15) is 0 Å². The summed E-state index contributed by atoms with van der Waals surface area (Å²) in [5.41, 5.74) is 0. The molecule has 1 atom stereocenters. The lowest BCUT2D eigenvalue weighted by atomic mass is 10.2. The topological polar surface area (TPSA) is 52.6 Å². The van der Waals surface area contributed by atoms with E-state index in [-0.39, 0.29) is 6.54 Å². The smallest absolute Gasteiger partial charge is 0.395 e. The van der Waals surface area contributed by atoms with Gasteiger partial charge in [0.1, 0.15) is 6.54 Å². The van der Waals surface area contributed by atoms with Crippen LogP contribution in [0.4, 0.5) is 13.2 Å². The van der Waals surface area contributed by atoms with Crippen molar-refractivity contribution in [3.63, 3.8) is 0 Å². The molecular weight excluding hydrogens is 257 g/mol. The summed E-state index contributed by atoms with van der Waals surface area (Å²) in [4.78, 5) is 12.5. The van der Waals surface area contributed by atoms with Gasteiger partial charge >= 0.3 is 6.18 Å². The number of aliphatic hydroxyl groups excluding tert-OH is 1. The van der Waals surface area contributed by atoms with Gasteiger partial charge in [0.05, 0.1) is 12.6 Å². The molecule has 0 spiro atoms. The Morgan fingerprint density at radius 3 is 2.71 bits per heavy atom. The number of aliphatic hydroxyl groups is 1. The monoisotopic (exact) mass is 272 g/mol. The van der Waals surface area contributed by atoms with Crippen LogP contribution in [0.2, 0.25) is 0 Å². The van der Waals surface area contributed by atoms with Crippen molar-refractivity contribution in [1.29, 1.82) is 0 Å². The van der Waals surface area contributed by atoms with Crippen LogP contribution in [0, 0.1) is 0 Å². The zero-order chi connectivity index (χ0) is 12.9. The summed E-state index contributed by atoms with van der Waals surface area (Å²) in [5.74, 6) is 0.727. The van der Waals surface area contributed by atoms with E-state index in [9.17, 15) is 18.0 Å². The van der Waals surface area contributed by atoms with Gasteiger partial charge in [-0.25, -0.2) is 0 Å². The van der Waals surface area contributed by atoms with Crippen molar-refractivity contribution in [2.45, 2.75) is 12.2 Å². The molecule has 1 saturated heterocycles. The van der Waals surface area contributed by atoms with E-state index < -0.39 is 31.3 Å². The number of nitrogens with one attached hydrogen (secondary N) is 1. The molecule has 2 N–H and O–H groups in total. The Hall–Kier alpha value is -0.470. The Labute approximate surface area is 102 Å². The van der Waals surface area contributed by atoms with E-state index in [1.807, 2.05) is 0 Å². The number of hydrogen-bond acceptors (Lipinski definition) is 4. The molecule has 1 heterocycles. The predicted molar refractivity (Wildman–Crippen MR) is 58.8 cm³/mol. The van der Waals surface area contributed by atoms with Crippen molar-refractivity contribution in [3.05, 3.63) is 0 Å². The number of amides is 1. The second kappa shape index (κ2) is 6.46. The third-order valence-corrected chi connectivity index (χ3v) is 3.33. The largest absolute Gasteiger partial charge is 0.406 e. The van der Waals surface area contributed by atoms with Gasteiger partial charge in [0.15, 0.2) is 0 Å². The number of carbonyl (C=O) groups excluding carboxylic acids is 1. The van der Waals surface area contributed by atoms with Crippen molar-refractivity contribution < 1.29 is 23.1 Å². The maximum atomic E-state index is 12.3. The van der Waals surface area contributed by atoms with Crippen molar-refractivity contribution in [2.24, 2.45) is 0 Å². The molecule has 1 fully saturated rings. The molecule has 0 aliphatic carbocycles. The van der Waals surface area contributed by atoms with Gasteiger partial charge in [-0.3, -0.25) is 4.79 Å². The normalized spacial score (nSPS) is 21.3. The summed E-state index contributed by atoms with van der Waals surface area (Å²) in [5, 5.41) is 11.6. The first-order chi connectivity index (χ1) is 7.94. The van der Waals surface area contributed by atoms with Gasteiger partial charge in [-0.15, -0.1) is 0 Å². The van der Waals surface area contributed by atoms with Crippen molar-refractivity contribution >= 4 is 17.7 Å². The summed E-state index contributed by atoms with van der Waals surface area (Å²) < 4.78 is 36.8. The minimum absolute atomic E-state index is 0.290. The second-order valence-electron chi connectivity index (χ2n) is 3.68. The van der Waals surface area contributed by atoms with Gasteiger partial charge in [-0.05, 0) is 0 Å². The number of thioether (sulfide) groups is 1. The van der Waals surface area contributed by atoms with E-state index in [0.717, 1.165) is 5.75 Å². The third-order valence-electron chi connectivity index (χ3n) is 2.27. The van der Waals surface area contributed by atoms with Crippen LogP contribution >= 0.6 is 11.8 Å². The van der Waals surface area contributed by atoms with Crippen molar-refractivity contribution in [2.75, 3.05) is 37.7 Å². The van der Waals surface area contributed by atoms with Gasteiger partial charge in [0.25, 0.3) is 0 Å².